The van der Waals surface area contributed by atoms with Crippen molar-refractivity contribution in [3.05, 3.63) is 65.2 Å². The summed E-state index contributed by atoms with van der Waals surface area (Å²) < 4.78 is 5.70. The van der Waals surface area contributed by atoms with Crippen LogP contribution in [0.4, 0.5) is 0 Å². The van der Waals surface area contributed by atoms with Gasteiger partial charge < -0.3 is 10.1 Å². The van der Waals surface area contributed by atoms with Gasteiger partial charge in [-0.2, -0.15) is 0 Å². The third kappa shape index (κ3) is 5.19. The van der Waals surface area contributed by atoms with Gasteiger partial charge in [-0.3, -0.25) is 0 Å². The van der Waals surface area contributed by atoms with Gasteiger partial charge in [0.25, 0.3) is 0 Å². The molecule has 0 bridgehead atoms. The zero-order valence-electron chi connectivity index (χ0n) is 13.9. The van der Waals surface area contributed by atoms with Crippen molar-refractivity contribution in [3.63, 3.8) is 0 Å². The quantitative estimate of drug-likeness (QED) is 0.690. The summed E-state index contributed by atoms with van der Waals surface area (Å²) in [6.45, 7) is 8.19. The van der Waals surface area contributed by atoms with Crippen LogP contribution in [-0.4, -0.2) is 6.61 Å². The van der Waals surface area contributed by atoms with E-state index in [0.29, 0.717) is 6.04 Å². The van der Waals surface area contributed by atoms with E-state index < -0.39 is 0 Å². The number of ether oxygens (including phenoxy) is 1. The van der Waals surface area contributed by atoms with Crippen LogP contribution in [0.1, 0.15) is 49.4 Å². The zero-order valence-corrected chi connectivity index (χ0v) is 13.9. The molecule has 1 unspecified atom stereocenters. The van der Waals surface area contributed by atoms with Crippen molar-refractivity contribution in [2.75, 3.05) is 6.61 Å². The Kier molecular flexibility index (Phi) is 6.47. The molecule has 0 aliphatic heterocycles. The third-order valence-electron chi connectivity index (χ3n) is 3.84. The van der Waals surface area contributed by atoms with Crippen LogP contribution in [0.15, 0.2) is 48.5 Å². The van der Waals surface area contributed by atoms with Gasteiger partial charge in [0.05, 0.1) is 6.61 Å². The Morgan fingerprint density at radius 3 is 2.55 bits per heavy atom. The minimum atomic E-state index is 0.324. The maximum atomic E-state index is 5.70. The highest BCUT2D eigenvalue weighted by molar-refractivity contribution is 5.29. The molecular formula is C20H27NO. The van der Waals surface area contributed by atoms with Crippen LogP contribution in [0.5, 0.6) is 5.75 Å². The van der Waals surface area contributed by atoms with Crippen molar-refractivity contribution in [1.29, 1.82) is 0 Å². The van der Waals surface area contributed by atoms with Crippen LogP contribution < -0.4 is 10.1 Å². The number of nitrogens with one attached hydrogen (secondary N) is 1. The van der Waals surface area contributed by atoms with Crippen molar-refractivity contribution in [2.24, 2.45) is 0 Å². The molecule has 1 atom stereocenters. The fourth-order valence-corrected chi connectivity index (χ4v) is 2.40. The van der Waals surface area contributed by atoms with Gasteiger partial charge in [-0.1, -0.05) is 55.3 Å². The summed E-state index contributed by atoms with van der Waals surface area (Å²) in [6.07, 6.45) is 2.27. The second-order valence-electron chi connectivity index (χ2n) is 5.86. The van der Waals surface area contributed by atoms with E-state index in [1.54, 1.807) is 0 Å². The molecule has 0 aliphatic carbocycles. The van der Waals surface area contributed by atoms with E-state index in [-0.39, 0.29) is 0 Å². The van der Waals surface area contributed by atoms with Crippen molar-refractivity contribution in [2.45, 2.75) is 46.2 Å². The highest BCUT2D eigenvalue weighted by Crippen LogP contribution is 2.18. The summed E-state index contributed by atoms with van der Waals surface area (Å²) in [7, 11) is 0. The first-order valence-corrected chi connectivity index (χ1v) is 8.20. The van der Waals surface area contributed by atoms with Crippen LogP contribution in [0, 0.1) is 6.92 Å². The molecule has 0 spiro atoms. The van der Waals surface area contributed by atoms with Gasteiger partial charge in [-0.25, -0.2) is 0 Å². The second kappa shape index (κ2) is 8.60. The van der Waals surface area contributed by atoms with Gasteiger partial charge in [0.1, 0.15) is 5.75 Å². The first-order valence-electron chi connectivity index (χ1n) is 8.20. The lowest BCUT2D eigenvalue weighted by Crippen LogP contribution is -2.18. The lowest BCUT2D eigenvalue weighted by Gasteiger charge is -2.15. The molecule has 2 aromatic rings. The van der Waals surface area contributed by atoms with Crippen LogP contribution in [0.2, 0.25) is 0 Å². The van der Waals surface area contributed by atoms with Crippen molar-refractivity contribution >= 4 is 0 Å². The molecule has 2 rings (SSSR count). The van der Waals surface area contributed by atoms with E-state index in [1.165, 1.54) is 16.7 Å². The Bertz CT molecular complexity index is 562. The molecule has 2 nitrogen and oxygen atoms in total. The Balaban J connectivity index is 1.85. The monoisotopic (exact) mass is 297 g/mol. The van der Waals surface area contributed by atoms with Gasteiger partial charge in [0.15, 0.2) is 0 Å². The highest BCUT2D eigenvalue weighted by atomic mass is 16.5. The van der Waals surface area contributed by atoms with Gasteiger partial charge in [0, 0.05) is 12.6 Å². The van der Waals surface area contributed by atoms with Crippen LogP contribution in [0.3, 0.4) is 0 Å². The molecule has 0 saturated carbocycles. The minimum absolute atomic E-state index is 0.324. The molecule has 0 aliphatic rings. The summed E-state index contributed by atoms with van der Waals surface area (Å²) in [6, 6.07) is 17.4. The maximum Gasteiger partial charge on any atom is 0.119 e. The van der Waals surface area contributed by atoms with Crippen LogP contribution in [0.25, 0.3) is 0 Å². The Hall–Kier alpha value is -1.80. The molecule has 1 N–H and O–H groups in total. The SMILES string of the molecule is CCCCOc1ccc(C(C)NCc2cccc(C)c2)cc1. The van der Waals surface area contributed by atoms with Crippen molar-refractivity contribution < 1.29 is 4.74 Å². The lowest BCUT2D eigenvalue weighted by atomic mass is 10.1. The minimum Gasteiger partial charge on any atom is -0.494 e. The summed E-state index contributed by atoms with van der Waals surface area (Å²) in [5, 5.41) is 3.57. The largest absolute Gasteiger partial charge is 0.494 e. The molecule has 0 fully saturated rings. The number of benzene rings is 2. The normalized spacial score (nSPS) is 12.1. The van der Waals surface area contributed by atoms with E-state index in [2.05, 4.69) is 74.6 Å². The Morgan fingerprint density at radius 1 is 1.09 bits per heavy atom. The molecule has 2 heteroatoms. The molecular weight excluding hydrogens is 270 g/mol. The van der Waals surface area contributed by atoms with E-state index in [0.717, 1.165) is 31.7 Å². The van der Waals surface area contributed by atoms with E-state index in [9.17, 15) is 0 Å². The molecule has 0 amide bonds. The molecule has 0 saturated heterocycles. The average molecular weight is 297 g/mol. The van der Waals surface area contributed by atoms with E-state index in [1.807, 2.05) is 0 Å². The predicted molar refractivity (Wildman–Crippen MR) is 93.3 cm³/mol. The molecule has 0 radical (unpaired) electrons. The predicted octanol–water partition coefficient (Wildman–Crippen LogP) is 5.02. The van der Waals surface area contributed by atoms with E-state index in [4.69, 9.17) is 4.74 Å². The summed E-state index contributed by atoms with van der Waals surface area (Å²) >= 11 is 0. The van der Waals surface area contributed by atoms with Gasteiger partial charge >= 0.3 is 0 Å². The van der Waals surface area contributed by atoms with Crippen molar-refractivity contribution in [1.82, 2.24) is 5.32 Å². The average Bonchev–Trinajstić information content (AvgIpc) is 2.54. The molecule has 22 heavy (non-hydrogen) atoms. The molecule has 0 aromatic heterocycles. The summed E-state index contributed by atoms with van der Waals surface area (Å²) in [5.41, 5.74) is 3.92. The van der Waals surface area contributed by atoms with Crippen LogP contribution in [-0.2, 0) is 6.54 Å². The smallest absolute Gasteiger partial charge is 0.119 e. The van der Waals surface area contributed by atoms with Crippen LogP contribution >= 0.6 is 0 Å². The molecule has 0 heterocycles. The summed E-state index contributed by atoms with van der Waals surface area (Å²) in [4.78, 5) is 0. The molecule has 2 aromatic carbocycles. The fraction of sp³-hybridized carbons (Fsp3) is 0.400. The van der Waals surface area contributed by atoms with Gasteiger partial charge in [-0.05, 0) is 43.5 Å². The second-order valence-corrected chi connectivity index (χ2v) is 5.86. The number of rotatable bonds is 8. The lowest BCUT2D eigenvalue weighted by molar-refractivity contribution is 0.309. The fourth-order valence-electron chi connectivity index (χ4n) is 2.40. The number of hydrogen-bond acceptors (Lipinski definition) is 2. The number of aryl methyl sites for hydroxylation is 1. The van der Waals surface area contributed by atoms with Gasteiger partial charge in [0.2, 0.25) is 0 Å². The topological polar surface area (TPSA) is 21.3 Å². The Morgan fingerprint density at radius 2 is 1.86 bits per heavy atom. The van der Waals surface area contributed by atoms with Gasteiger partial charge in [-0.15, -0.1) is 0 Å². The molecule has 118 valence electrons. The first kappa shape index (κ1) is 16.6. The Labute approximate surface area is 134 Å². The number of unbranched alkanes of at least 4 members (excludes halogenated alkanes) is 1. The van der Waals surface area contributed by atoms with Crippen molar-refractivity contribution in [3.8, 4) is 5.75 Å². The first-order chi connectivity index (χ1) is 10.7. The zero-order chi connectivity index (χ0) is 15.8. The van der Waals surface area contributed by atoms with E-state index >= 15 is 0 Å². The summed E-state index contributed by atoms with van der Waals surface area (Å²) in [5.74, 6) is 0.961. The highest BCUT2D eigenvalue weighted by Gasteiger charge is 2.05. The third-order valence-corrected chi connectivity index (χ3v) is 3.84. The maximum absolute atomic E-state index is 5.70. The number of hydrogen-bond donors (Lipinski definition) is 1. The standard InChI is InChI=1S/C20H27NO/c1-4-5-13-22-20-11-9-19(10-12-20)17(3)21-15-18-8-6-7-16(2)14-18/h6-12,14,17,21H,4-5,13,15H2,1-3H3.